The van der Waals surface area contributed by atoms with Crippen LogP contribution in [0.5, 0.6) is 0 Å². The van der Waals surface area contributed by atoms with E-state index >= 15 is 0 Å². The molecular formula is C12H17N3O3. The van der Waals surface area contributed by atoms with E-state index in [4.69, 9.17) is 5.11 Å². The first kappa shape index (κ1) is 12.6. The second-order valence-corrected chi connectivity index (χ2v) is 4.81. The van der Waals surface area contributed by atoms with E-state index in [-0.39, 0.29) is 17.2 Å². The molecule has 2 rings (SSSR count). The van der Waals surface area contributed by atoms with Gasteiger partial charge < -0.3 is 10.0 Å². The molecule has 6 heteroatoms. The van der Waals surface area contributed by atoms with Crippen molar-refractivity contribution in [1.29, 1.82) is 0 Å². The maximum absolute atomic E-state index is 12.3. The highest BCUT2D eigenvalue weighted by molar-refractivity contribution is 6.03. The molecule has 1 amide bonds. The predicted molar refractivity (Wildman–Crippen MR) is 64.5 cm³/mol. The van der Waals surface area contributed by atoms with Crippen LogP contribution in [0.2, 0.25) is 0 Å². The van der Waals surface area contributed by atoms with Crippen LogP contribution in [-0.4, -0.2) is 44.8 Å². The van der Waals surface area contributed by atoms with E-state index in [2.05, 4.69) is 12.0 Å². The summed E-state index contributed by atoms with van der Waals surface area (Å²) in [6.07, 6.45) is 3.15. The molecule has 1 N–H and O–H groups in total. The summed E-state index contributed by atoms with van der Waals surface area (Å²) in [4.78, 5) is 25.1. The second kappa shape index (κ2) is 4.80. The fourth-order valence-corrected chi connectivity index (χ4v) is 2.21. The minimum atomic E-state index is -1.11. The Kier molecular flexibility index (Phi) is 3.36. The van der Waals surface area contributed by atoms with E-state index in [9.17, 15) is 9.59 Å². The molecule has 1 aromatic rings. The summed E-state index contributed by atoms with van der Waals surface area (Å²) in [5.74, 6) is -0.726. The molecule has 1 aliphatic rings. The van der Waals surface area contributed by atoms with Crippen LogP contribution in [-0.2, 0) is 7.05 Å². The van der Waals surface area contributed by atoms with Gasteiger partial charge in [0.15, 0.2) is 0 Å². The lowest BCUT2D eigenvalue weighted by Crippen LogP contribution is -2.39. The molecule has 0 spiro atoms. The van der Waals surface area contributed by atoms with Gasteiger partial charge >= 0.3 is 5.97 Å². The van der Waals surface area contributed by atoms with E-state index in [1.54, 1.807) is 11.9 Å². The zero-order valence-corrected chi connectivity index (χ0v) is 10.6. The first-order chi connectivity index (χ1) is 8.50. The third-order valence-corrected chi connectivity index (χ3v) is 3.44. The number of likely N-dealkylation sites (tertiary alicyclic amines) is 1. The van der Waals surface area contributed by atoms with E-state index in [1.165, 1.54) is 10.9 Å². The molecule has 18 heavy (non-hydrogen) atoms. The van der Waals surface area contributed by atoms with Gasteiger partial charge in [-0.25, -0.2) is 4.79 Å². The molecule has 2 heterocycles. The highest BCUT2D eigenvalue weighted by Gasteiger charge is 2.28. The summed E-state index contributed by atoms with van der Waals surface area (Å²) >= 11 is 0. The lowest BCUT2D eigenvalue weighted by molar-refractivity contribution is 0.0648. The quantitative estimate of drug-likeness (QED) is 0.850. The number of carboxylic acid groups (broad SMARTS) is 1. The van der Waals surface area contributed by atoms with Gasteiger partial charge in [0.25, 0.3) is 5.91 Å². The summed E-state index contributed by atoms with van der Waals surface area (Å²) in [6.45, 7) is 3.53. The molecule has 98 valence electrons. The summed E-state index contributed by atoms with van der Waals surface area (Å²) in [5.41, 5.74) is 0.137. The van der Waals surface area contributed by atoms with Crippen LogP contribution in [0.25, 0.3) is 0 Å². The zero-order valence-electron chi connectivity index (χ0n) is 10.6. The predicted octanol–water partition coefficient (Wildman–Crippen LogP) is 0.990. The molecule has 0 saturated carbocycles. The first-order valence-electron chi connectivity index (χ1n) is 6.05. The van der Waals surface area contributed by atoms with Crippen LogP contribution in [0.15, 0.2) is 6.20 Å². The Morgan fingerprint density at radius 2 is 2.00 bits per heavy atom. The minimum absolute atomic E-state index is 0.0267. The summed E-state index contributed by atoms with van der Waals surface area (Å²) < 4.78 is 1.34. The number of carbonyl (C=O) groups excluding carboxylic acids is 1. The Labute approximate surface area is 105 Å². The molecule has 0 bridgehead atoms. The number of amides is 1. The Bertz CT molecular complexity index is 473. The van der Waals surface area contributed by atoms with Crippen molar-refractivity contribution in [2.24, 2.45) is 13.0 Å². The van der Waals surface area contributed by atoms with Crippen LogP contribution < -0.4 is 0 Å². The number of aryl methyl sites for hydroxylation is 1. The van der Waals surface area contributed by atoms with Crippen molar-refractivity contribution < 1.29 is 14.7 Å². The topological polar surface area (TPSA) is 75.4 Å². The Balaban J connectivity index is 2.23. The number of carbonyl (C=O) groups is 2. The zero-order chi connectivity index (χ0) is 13.3. The van der Waals surface area contributed by atoms with E-state index in [1.807, 2.05) is 0 Å². The minimum Gasteiger partial charge on any atom is -0.478 e. The van der Waals surface area contributed by atoms with Crippen LogP contribution >= 0.6 is 0 Å². The monoisotopic (exact) mass is 251 g/mol. The molecule has 1 aromatic heterocycles. The molecule has 0 unspecified atom stereocenters. The molecule has 0 aromatic carbocycles. The molecule has 1 saturated heterocycles. The molecule has 0 aliphatic carbocycles. The van der Waals surface area contributed by atoms with Crippen molar-refractivity contribution in [1.82, 2.24) is 14.7 Å². The SMILES string of the molecule is CC1CCN(C(=O)c2c(C(=O)O)cnn2C)CC1. The van der Waals surface area contributed by atoms with E-state index in [0.29, 0.717) is 19.0 Å². The largest absolute Gasteiger partial charge is 0.478 e. The lowest BCUT2D eigenvalue weighted by atomic mass is 9.99. The van der Waals surface area contributed by atoms with Crippen molar-refractivity contribution in [3.05, 3.63) is 17.5 Å². The van der Waals surface area contributed by atoms with Gasteiger partial charge in [-0.2, -0.15) is 5.10 Å². The highest BCUT2D eigenvalue weighted by Crippen LogP contribution is 2.19. The van der Waals surface area contributed by atoms with Crippen LogP contribution in [0.3, 0.4) is 0 Å². The highest BCUT2D eigenvalue weighted by atomic mass is 16.4. The fraction of sp³-hybridized carbons (Fsp3) is 0.583. The van der Waals surface area contributed by atoms with Gasteiger partial charge in [-0.3, -0.25) is 9.48 Å². The smallest absolute Gasteiger partial charge is 0.339 e. The van der Waals surface area contributed by atoms with Crippen LogP contribution in [0.1, 0.15) is 40.6 Å². The van der Waals surface area contributed by atoms with Gasteiger partial charge in [-0.1, -0.05) is 6.92 Å². The fourth-order valence-electron chi connectivity index (χ4n) is 2.21. The number of hydrogen-bond acceptors (Lipinski definition) is 3. The third-order valence-electron chi connectivity index (χ3n) is 3.44. The average Bonchev–Trinajstić information content (AvgIpc) is 2.71. The van der Waals surface area contributed by atoms with Crippen molar-refractivity contribution in [2.75, 3.05) is 13.1 Å². The number of hydrogen-bond donors (Lipinski definition) is 1. The molecule has 6 nitrogen and oxygen atoms in total. The normalized spacial score (nSPS) is 16.9. The summed E-state index contributed by atoms with van der Waals surface area (Å²) in [5, 5.41) is 12.9. The van der Waals surface area contributed by atoms with Crippen LogP contribution in [0.4, 0.5) is 0 Å². The number of aromatic nitrogens is 2. The molecule has 1 fully saturated rings. The summed E-state index contributed by atoms with van der Waals surface area (Å²) in [6, 6.07) is 0. The van der Waals surface area contributed by atoms with Gasteiger partial charge in [-0.05, 0) is 18.8 Å². The van der Waals surface area contributed by atoms with Gasteiger partial charge in [0.05, 0.1) is 6.20 Å². The number of nitrogens with zero attached hydrogens (tertiary/aromatic N) is 3. The Morgan fingerprint density at radius 3 is 2.56 bits per heavy atom. The van der Waals surface area contributed by atoms with E-state index in [0.717, 1.165) is 12.8 Å². The number of rotatable bonds is 2. The molecular weight excluding hydrogens is 234 g/mol. The number of carboxylic acids is 1. The molecule has 1 aliphatic heterocycles. The average molecular weight is 251 g/mol. The first-order valence-corrected chi connectivity index (χ1v) is 6.05. The van der Waals surface area contributed by atoms with Gasteiger partial charge in [0.1, 0.15) is 11.3 Å². The molecule has 0 atom stereocenters. The molecule has 0 radical (unpaired) electrons. The standard InChI is InChI=1S/C12H17N3O3/c1-8-3-5-15(6-4-8)11(16)10-9(12(17)18)7-13-14(10)2/h7-8H,3-6H2,1-2H3,(H,17,18). The number of piperidine rings is 1. The summed E-state index contributed by atoms with van der Waals surface area (Å²) in [7, 11) is 1.59. The number of aromatic carboxylic acids is 1. The second-order valence-electron chi connectivity index (χ2n) is 4.81. The van der Waals surface area contributed by atoms with Crippen molar-refractivity contribution in [3.63, 3.8) is 0 Å². The van der Waals surface area contributed by atoms with Crippen molar-refractivity contribution >= 4 is 11.9 Å². The Morgan fingerprint density at radius 1 is 1.39 bits per heavy atom. The van der Waals surface area contributed by atoms with Gasteiger partial charge in [0.2, 0.25) is 0 Å². The van der Waals surface area contributed by atoms with Crippen molar-refractivity contribution in [2.45, 2.75) is 19.8 Å². The maximum Gasteiger partial charge on any atom is 0.339 e. The third kappa shape index (κ3) is 2.23. The van der Waals surface area contributed by atoms with Crippen LogP contribution in [0, 0.1) is 5.92 Å². The van der Waals surface area contributed by atoms with Gasteiger partial charge in [-0.15, -0.1) is 0 Å². The lowest BCUT2D eigenvalue weighted by Gasteiger charge is -2.30. The maximum atomic E-state index is 12.3. The van der Waals surface area contributed by atoms with E-state index < -0.39 is 5.97 Å². The van der Waals surface area contributed by atoms with Crippen molar-refractivity contribution in [3.8, 4) is 0 Å². The van der Waals surface area contributed by atoms with Gasteiger partial charge in [0, 0.05) is 20.1 Å². The Hall–Kier alpha value is -1.85.